The molecule has 0 spiro atoms. The van der Waals surface area contributed by atoms with Crippen molar-refractivity contribution in [3.05, 3.63) is 76.1 Å². The number of hydrogen-bond donors (Lipinski definition) is 2. The summed E-state index contributed by atoms with van der Waals surface area (Å²) in [6, 6.07) is 10.2. The molecule has 2 aromatic heterocycles. The minimum Gasteiger partial charge on any atom is -0.404 e. The number of aromatic nitrogens is 4. The van der Waals surface area contributed by atoms with E-state index in [1.165, 1.54) is 12.1 Å². The number of para-hydroxylation sites is 1. The van der Waals surface area contributed by atoms with Crippen LogP contribution in [0.3, 0.4) is 0 Å². The number of halogens is 3. The molecule has 1 fully saturated rings. The second kappa shape index (κ2) is 14.1. The van der Waals surface area contributed by atoms with Crippen LogP contribution >= 0.6 is 0 Å². The molecule has 4 aromatic rings. The summed E-state index contributed by atoms with van der Waals surface area (Å²) in [5.41, 5.74) is 5.88. The molecular formula is C36H41F3N8O3. The first-order valence-electron chi connectivity index (χ1n) is 16.8. The minimum absolute atomic E-state index is 0.0186. The molecule has 50 heavy (non-hydrogen) atoms. The van der Waals surface area contributed by atoms with E-state index in [1.807, 2.05) is 46.1 Å². The fourth-order valence-corrected chi connectivity index (χ4v) is 6.83. The molecule has 0 saturated carbocycles. The molecule has 3 heterocycles. The fraction of sp³-hybridized carbons (Fsp3) is 0.417. The standard InChI is InChI=1S/C36H41F3N8O3/c1-6-21-9-8-10-22(7-2)29(21)42-33(48)31-26-13-11-24-20-40-35(43-30(24)32(26)46(5)44-31)41-27-14-12-23(19-28(27)50-36(37,38)39)34(49)47-17-15-25(16-18-47)45(3)4/h8-10,12,14,19-20,25H,6-7,11,13,15-18H2,1-5H3,(H,42,48)(H,40,41,43). The van der Waals surface area contributed by atoms with Crippen molar-refractivity contribution in [1.82, 2.24) is 29.5 Å². The molecule has 6 rings (SSSR count). The van der Waals surface area contributed by atoms with E-state index in [1.54, 1.807) is 22.8 Å². The Kier molecular flexibility index (Phi) is 9.83. The Morgan fingerprint density at radius 3 is 2.38 bits per heavy atom. The first-order valence-corrected chi connectivity index (χ1v) is 16.8. The highest BCUT2D eigenvalue weighted by Gasteiger charge is 2.34. The van der Waals surface area contributed by atoms with Gasteiger partial charge in [-0.05, 0) is 87.5 Å². The molecule has 1 aliphatic carbocycles. The van der Waals surface area contributed by atoms with Crippen LogP contribution in [0.15, 0.2) is 42.6 Å². The number of anilines is 3. The molecule has 264 valence electrons. The van der Waals surface area contributed by atoms with Gasteiger partial charge in [-0.1, -0.05) is 32.0 Å². The van der Waals surface area contributed by atoms with E-state index < -0.39 is 12.1 Å². The lowest BCUT2D eigenvalue weighted by molar-refractivity contribution is -0.274. The van der Waals surface area contributed by atoms with Gasteiger partial charge in [-0.15, -0.1) is 13.2 Å². The zero-order valence-corrected chi connectivity index (χ0v) is 28.8. The summed E-state index contributed by atoms with van der Waals surface area (Å²) in [4.78, 5) is 39.8. The molecule has 14 heteroatoms. The Labute approximate surface area is 288 Å². The first-order chi connectivity index (χ1) is 23.9. The molecule has 2 aromatic carbocycles. The van der Waals surface area contributed by atoms with Crippen molar-refractivity contribution in [3.8, 4) is 17.1 Å². The molecule has 1 saturated heterocycles. The maximum Gasteiger partial charge on any atom is 0.573 e. The summed E-state index contributed by atoms with van der Waals surface area (Å²) in [6.07, 6.45) is 0.763. The maximum atomic E-state index is 13.7. The molecule has 0 radical (unpaired) electrons. The lowest BCUT2D eigenvalue weighted by Crippen LogP contribution is -2.44. The topological polar surface area (TPSA) is 118 Å². The number of rotatable bonds is 9. The molecular weight excluding hydrogens is 649 g/mol. The van der Waals surface area contributed by atoms with Gasteiger partial charge in [0, 0.05) is 49.2 Å². The van der Waals surface area contributed by atoms with Crippen LogP contribution in [0.25, 0.3) is 11.4 Å². The van der Waals surface area contributed by atoms with Gasteiger partial charge in [-0.25, -0.2) is 9.97 Å². The Morgan fingerprint density at radius 2 is 1.74 bits per heavy atom. The van der Waals surface area contributed by atoms with Crippen LogP contribution in [-0.4, -0.2) is 81.0 Å². The van der Waals surface area contributed by atoms with E-state index in [0.717, 1.165) is 59.7 Å². The number of alkyl halides is 3. The number of piperidine rings is 1. The fourth-order valence-electron chi connectivity index (χ4n) is 6.83. The second-order valence-corrected chi connectivity index (χ2v) is 12.9. The highest BCUT2D eigenvalue weighted by atomic mass is 19.4. The number of carbonyl (C=O) groups excluding carboxylic acids is 2. The molecule has 2 N–H and O–H groups in total. The van der Waals surface area contributed by atoms with E-state index in [2.05, 4.69) is 35.3 Å². The van der Waals surface area contributed by atoms with Crippen LogP contribution in [0.2, 0.25) is 0 Å². The van der Waals surface area contributed by atoms with Crippen molar-refractivity contribution in [2.75, 3.05) is 37.8 Å². The molecule has 0 unspecified atom stereocenters. The number of nitrogens with zero attached hydrogens (tertiary/aromatic N) is 6. The monoisotopic (exact) mass is 690 g/mol. The van der Waals surface area contributed by atoms with Crippen molar-refractivity contribution in [2.24, 2.45) is 7.05 Å². The van der Waals surface area contributed by atoms with Crippen molar-refractivity contribution in [2.45, 2.75) is 64.8 Å². The van der Waals surface area contributed by atoms with Crippen LogP contribution in [0.5, 0.6) is 5.75 Å². The number of amides is 2. The van der Waals surface area contributed by atoms with Gasteiger partial charge in [0.05, 0.1) is 17.1 Å². The van der Waals surface area contributed by atoms with Crippen molar-refractivity contribution in [3.63, 3.8) is 0 Å². The van der Waals surface area contributed by atoms with Crippen LogP contribution < -0.4 is 15.4 Å². The molecule has 2 aliphatic rings. The molecule has 1 aliphatic heterocycles. The summed E-state index contributed by atoms with van der Waals surface area (Å²) in [5.74, 6) is -1.24. The highest BCUT2D eigenvalue weighted by Crippen LogP contribution is 2.37. The molecule has 0 atom stereocenters. The van der Waals surface area contributed by atoms with Gasteiger partial charge in [-0.2, -0.15) is 5.10 Å². The van der Waals surface area contributed by atoms with Gasteiger partial charge >= 0.3 is 6.36 Å². The summed E-state index contributed by atoms with van der Waals surface area (Å²) in [7, 11) is 5.71. The number of hydrogen-bond acceptors (Lipinski definition) is 8. The van der Waals surface area contributed by atoms with E-state index in [4.69, 9.17) is 0 Å². The largest absolute Gasteiger partial charge is 0.573 e. The SMILES string of the molecule is CCc1cccc(CC)c1NC(=O)c1nn(C)c2c1CCc1cnc(Nc3ccc(C(=O)N4CCC(N(C)C)CC4)cc3OC(F)(F)F)nc1-2. The summed E-state index contributed by atoms with van der Waals surface area (Å²) in [6.45, 7) is 5.09. The van der Waals surface area contributed by atoms with Crippen molar-refractivity contribution in [1.29, 1.82) is 0 Å². The van der Waals surface area contributed by atoms with Gasteiger partial charge in [0.15, 0.2) is 11.4 Å². The number of benzene rings is 2. The lowest BCUT2D eigenvalue weighted by atomic mass is 9.93. The summed E-state index contributed by atoms with van der Waals surface area (Å²) >= 11 is 0. The average Bonchev–Trinajstić information content (AvgIpc) is 3.44. The van der Waals surface area contributed by atoms with Crippen molar-refractivity contribution >= 4 is 29.1 Å². The molecule has 2 amide bonds. The number of fused-ring (bicyclic) bond motifs is 3. The Morgan fingerprint density at radius 1 is 1.04 bits per heavy atom. The Bertz CT molecular complexity index is 1890. The van der Waals surface area contributed by atoms with E-state index in [-0.39, 0.29) is 29.0 Å². The zero-order valence-electron chi connectivity index (χ0n) is 28.8. The lowest BCUT2D eigenvalue weighted by Gasteiger charge is -2.35. The van der Waals surface area contributed by atoms with Crippen molar-refractivity contribution < 1.29 is 27.5 Å². The second-order valence-electron chi connectivity index (χ2n) is 12.9. The third kappa shape index (κ3) is 7.16. The normalized spacial score (nSPS) is 14.7. The van der Waals surface area contributed by atoms with Crippen LogP contribution in [0.4, 0.5) is 30.5 Å². The van der Waals surface area contributed by atoms with Gasteiger partial charge < -0.3 is 25.2 Å². The summed E-state index contributed by atoms with van der Waals surface area (Å²) < 4.78 is 46.7. The number of ether oxygens (including phenoxy) is 1. The van der Waals surface area contributed by atoms with E-state index in [9.17, 15) is 22.8 Å². The number of aryl methyl sites for hydroxylation is 4. The molecule has 11 nitrogen and oxygen atoms in total. The smallest absolute Gasteiger partial charge is 0.404 e. The quantitative estimate of drug-likeness (QED) is 0.215. The van der Waals surface area contributed by atoms with Crippen LogP contribution in [0, 0.1) is 0 Å². The van der Waals surface area contributed by atoms with E-state index in [0.29, 0.717) is 49.1 Å². The predicted molar refractivity (Wildman–Crippen MR) is 184 cm³/mol. The van der Waals surface area contributed by atoms with Gasteiger partial charge in [0.25, 0.3) is 11.8 Å². The minimum atomic E-state index is -5.00. The Hall–Kier alpha value is -4.98. The van der Waals surface area contributed by atoms with Crippen LogP contribution in [-0.2, 0) is 32.7 Å². The predicted octanol–water partition coefficient (Wildman–Crippen LogP) is 6.16. The van der Waals surface area contributed by atoms with Crippen LogP contribution in [0.1, 0.15) is 69.8 Å². The number of likely N-dealkylation sites (tertiary alicyclic amines) is 1. The third-order valence-corrected chi connectivity index (χ3v) is 9.51. The highest BCUT2D eigenvalue weighted by molar-refractivity contribution is 6.06. The summed E-state index contributed by atoms with van der Waals surface area (Å²) in [5, 5.41) is 10.5. The van der Waals surface area contributed by atoms with E-state index >= 15 is 0 Å². The third-order valence-electron chi connectivity index (χ3n) is 9.51. The maximum absolute atomic E-state index is 13.7. The van der Waals surface area contributed by atoms with Gasteiger partial charge in [-0.3, -0.25) is 14.3 Å². The average molecular weight is 691 g/mol. The van der Waals surface area contributed by atoms with Gasteiger partial charge in [0.2, 0.25) is 5.95 Å². The number of carbonyl (C=O) groups is 2. The van der Waals surface area contributed by atoms with Gasteiger partial charge in [0.1, 0.15) is 0 Å². The first kappa shape index (κ1) is 34.9. The zero-order chi connectivity index (χ0) is 35.7. The molecule has 0 bridgehead atoms. The number of nitrogens with one attached hydrogen (secondary N) is 2. The Balaban J connectivity index is 1.27.